The lowest BCUT2D eigenvalue weighted by atomic mass is 10.0. The van der Waals surface area contributed by atoms with Gasteiger partial charge in [0.05, 0.1) is 5.37 Å². The van der Waals surface area contributed by atoms with E-state index in [1.807, 2.05) is 24.0 Å². The highest BCUT2D eigenvalue weighted by Gasteiger charge is 2.20. The van der Waals surface area contributed by atoms with Crippen LogP contribution in [0.5, 0.6) is 0 Å². The molecule has 1 heterocycles. The molecule has 1 unspecified atom stereocenters. The number of amides is 1. The van der Waals surface area contributed by atoms with E-state index in [1.165, 1.54) is 10.5 Å². The van der Waals surface area contributed by atoms with Gasteiger partial charge in [0.25, 0.3) is 0 Å². The van der Waals surface area contributed by atoms with Gasteiger partial charge in [-0.1, -0.05) is 0 Å². The van der Waals surface area contributed by atoms with Crippen LogP contribution in [0.15, 0.2) is 23.1 Å². The first-order chi connectivity index (χ1) is 8.08. The van der Waals surface area contributed by atoms with Crippen molar-refractivity contribution in [3.8, 4) is 0 Å². The molecular weight excluding hydrogens is 232 g/mol. The van der Waals surface area contributed by atoms with Crippen LogP contribution in [0.4, 0.5) is 5.69 Å². The average molecular weight is 250 g/mol. The second-order valence-corrected chi connectivity index (χ2v) is 5.84. The topological polar surface area (TPSA) is 46.3 Å². The van der Waals surface area contributed by atoms with Crippen molar-refractivity contribution in [3.63, 3.8) is 0 Å². The molecule has 1 atom stereocenters. The van der Waals surface area contributed by atoms with Gasteiger partial charge in [0.15, 0.2) is 0 Å². The van der Waals surface area contributed by atoms with Crippen molar-refractivity contribution in [2.75, 3.05) is 11.4 Å². The highest BCUT2D eigenvalue weighted by atomic mass is 32.2. The van der Waals surface area contributed by atoms with Gasteiger partial charge in [0.2, 0.25) is 5.91 Å². The predicted octanol–water partition coefficient (Wildman–Crippen LogP) is 2.38. The maximum atomic E-state index is 11.5. The Bertz CT molecular complexity index is 431. The largest absolute Gasteiger partial charge is 0.319 e. The van der Waals surface area contributed by atoms with Crippen molar-refractivity contribution in [1.29, 1.82) is 0 Å². The molecule has 92 valence electrons. The number of anilines is 1. The van der Waals surface area contributed by atoms with E-state index in [-0.39, 0.29) is 11.3 Å². The number of nitrogens with two attached hydrogens (primary N) is 1. The van der Waals surface area contributed by atoms with E-state index in [4.69, 9.17) is 5.73 Å². The van der Waals surface area contributed by atoms with Crippen LogP contribution in [-0.2, 0) is 11.2 Å². The Morgan fingerprint density at radius 3 is 2.94 bits per heavy atom. The molecule has 1 aromatic rings. The smallest absolute Gasteiger partial charge is 0.223 e. The molecule has 0 bridgehead atoms. The Kier molecular flexibility index (Phi) is 3.74. The van der Waals surface area contributed by atoms with E-state index in [0.717, 1.165) is 25.1 Å². The molecule has 0 aliphatic carbocycles. The van der Waals surface area contributed by atoms with Crippen LogP contribution in [0.25, 0.3) is 0 Å². The number of rotatable bonds is 2. The van der Waals surface area contributed by atoms with Crippen LogP contribution in [0.3, 0.4) is 0 Å². The molecule has 4 heteroatoms. The van der Waals surface area contributed by atoms with Gasteiger partial charge in [-0.05, 0) is 43.5 Å². The number of aryl methyl sites for hydroxylation is 1. The summed E-state index contributed by atoms with van der Waals surface area (Å²) >= 11 is 1.66. The molecular formula is C13H18N2OS. The van der Waals surface area contributed by atoms with Crippen LogP contribution >= 0.6 is 11.8 Å². The lowest BCUT2D eigenvalue weighted by Gasteiger charge is -2.29. The minimum atomic E-state index is 0.0977. The Balaban J connectivity index is 2.29. The third-order valence-corrected chi connectivity index (χ3v) is 3.77. The van der Waals surface area contributed by atoms with Crippen molar-refractivity contribution < 1.29 is 4.79 Å². The Morgan fingerprint density at radius 1 is 1.53 bits per heavy atom. The van der Waals surface area contributed by atoms with Crippen LogP contribution in [0.2, 0.25) is 0 Å². The van der Waals surface area contributed by atoms with E-state index < -0.39 is 0 Å². The quantitative estimate of drug-likeness (QED) is 0.647. The predicted molar refractivity (Wildman–Crippen MR) is 72.3 cm³/mol. The summed E-state index contributed by atoms with van der Waals surface area (Å²) in [7, 11) is 0. The zero-order chi connectivity index (χ0) is 12.4. The van der Waals surface area contributed by atoms with Gasteiger partial charge in [-0.25, -0.2) is 0 Å². The molecule has 0 saturated carbocycles. The number of fused-ring (bicyclic) bond motifs is 1. The number of thioether (sulfide) groups is 1. The molecule has 0 aromatic heterocycles. The molecule has 1 amide bonds. The number of carbonyl (C=O) groups excluding carboxylic acids is 1. The summed E-state index contributed by atoms with van der Waals surface area (Å²) in [5, 5.41) is 0.0977. The summed E-state index contributed by atoms with van der Waals surface area (Å²) in [5.74, 6) is 0.124. The van der Waals surface area contributed by atoms with Gasteiger partial charge >= 0.3 is 0 Å². The molecule has 17 heavy (non-hydrogen) atoms. The average Bonchev–Trinajstić information content (AvgIpc) is 2.26. The van der Waals surface area contributed by atoms with E-state index in [1.54, 1.807) is 18.7 Å². The number of nitrogens with zero attached hydrogens (tertiary/aromatic N) is 1. The molecule has 1 aromatic carbocycles. The molecule has 0 spiro atoms. The van der Waals surface area contributed by atoms with Crippen LogP contribution in [-0.4, -0.2) is 17.8 Å². The summed E-state index contributed by atoms with van der Waals surface area (Å²) in [6.07, 6.45) is 2.09. The monoisotopic (exact) mass is 250 g/mol. The molecule has 1 aliphatic heterocycles. The molecule has 1 aliphatic rings. The van der Waals surface area contributed by atoms with Gasteiger partial charge < -0.3 is 10.6 Å². The SMILES string of the molecule is CC(=O)N1CCCc2cc(SC(C)N)ccc21. The minimum absolute atomic E-state index is 0.0977. The molecule has 0 saturated heterocycles. The summed E-state index contributed by atoms with van der Waals surface area (Å²) in [5.41, 5.74) is 8.10. The molecule has 2 N–H and O–H groups in total. The number of benzene rings is 1. The maximum Gasteiger partial charge on any atom is 0.223 e. The van der Waals surface area contributed by atoms with Crippen molar-refractivity contribution in [2.45, 2.75) is 37.0 Å². The highest BCUT2D eigenvalue weighted by Crippen LogP contribution is 2.31. The van der Waals surface area contributed by atoms with Crippen LogP contribution < -0.4 is 10.6 Å². The molecule has 3 nitrogen and oxygen atoms in total. The summed E-state index contributed by atoms with van der Waals surface area (Å²) < 4.78 is 0. The van der Waals surface area contributed by atoms with E-state index in [0.29, 0.717) is 0 Å². The zero-order valence-corrected chi connectivity index (χ0v) is 11.1. The molecule has 0 radical (unpaired) electrons. The van der Waals surface area contributed by atoms with Crippen molar-refractivity contribution in [3.05, 3.63) is 23.8 Å². The second-order valence-electron chi connectivity index (χ2n) is 4.39. The van der Waals surface area contributed by atoms with E-state index >= 15 is 0 Å². The second kappa shape index (κ2) is 5.10. The number of hydrogen-bond acceptors (Lipinski definition) is 3. The first kappa shape index (κ1) is 12.5. The fourth-order valence-corrected chi connectivity index (χ4v) is 2.97. The van der Waals surface area contributed by atoms with Gasteiger partial charge in [-0.15, -0.1) is 11.8 Å². The zero-order valence-electron chi connectivity index (χ0n) is 10.3. The lowest BCUT2D eigenvalue weighted by molar-refractivity contribution is -0.116. The minimum Gasteiger partial charge on any atom is -0.319 e. The Labute approximate surface area is 106 Å². The fraction of sp³-hybridized carbons (Fsp3) is 0.462. The maximum absolute atomic E-state index is 11.5. The lowest BCUT2D eigenvalue weighted by Crippen LogP contribution is -2.33. The van der Waals surface area contributed by atoms with Crippen molar-refractivity contribution in [2.24, 2.45) is 5.73 Å². The van der Waals surface area contributed by atoms with Crippen molar-refractivity contribution in [1.82, 2.24) is 0 Å². The standard InChI is InChI=1S/C13H18N2OS/c1-9(14)17-12-5-6-13-11(8-12)4-3-7-15(13)10(2)16/h5-6,8-9H,3-4,7,14H2,1-2H3. The first-order valence-electron chi connectivity index (χ1n) is 5.91. The number of carbonyl (C=O) groups is 1. The highest BCUT2D eigenvalue weighted by molar-refractivity contribution is 7.99. The summed E-state index contributed by atoms with van der Waals surface area (Å²) in [4.78, 5) is 14.6. The van der Waals surface area contributed by atoms with Crippen molar-refractivity contribution >= 4 is 23.4 Å². The van der Waals surface area contributed by atoms with E-state index in [9.17, 15) is 4.79 Å². The third kappa shape index (κ3) is 2.82. The molecule has 2 rings (SSSR count). The van der Waals surface area contributed by atoms with Gasteiger partial charge in [-0.3, -0.25) is 4.79 Å². The Morgan fingerprint density at radius 2 is 2.29 bits per heavy atom. The summed E-state index contributed by atoms with van der Waals surface area (Å²) in [6.45, 7) is 4.44. The van der Waals surface area contributed by atoms with Crippen LogP contribution in [0, 0.1) is 0 Å². The molecule has 0 fully saturated rings. The fourth-order valence-electron chi connectivity index (χ4n) is 2.19. The Hall–Kier alpha value is -1.00. The first-order valence-corrected chi connectivity index (χ1v) is 6.79. The van der Waals surface area contributed by atoms with E-state index in [2.05, 4.69) is 6.07 Å². The van der Waals surface area contributed by atoms with Gasteiger partial charge in [0.1, 0.15) is 0 Å². The summed E-state index contributed by atoms with van der Waals surface area (Å²) in [6, 6.07) is 6.26. The third-order valence-electron chi connectivity index (χ3n) is 2.87. The van der Waals surface area contributed by atoms with Gasteiger partial charge in [0, 0.05) is 24.1 Å². The van der Waals surface area contributed by atoms with Gasteiger partial charge in [-0.2, -0.15) is 0 Å². The normalized spacial score (nSPS) is 16.5. The number of hydrogen-bond donors (Lipinski definition) is 1. The van der Waals surface area contributed by atoms with Crippen LogP contribution in [0.1, 0.15) is 25.8 Å².